The number of nitrogens with zero attached hydrogens (tertiary/aromatic N) is 3. The number of hydrogen-bond acceptors (Lipinski definition) is 5. The monoisotopic (exact) mass is 387 g/mol. The van der Waals surface area contributed by atoms with Gasteiger partial charge in [0.15, 0.2) is 17.3 Å². The number of para-hydroxylation sites is 1. The van der Waals surface area contributed by atoms with E-state index >= 15 is 0 Å². The topological polar surface area (TPSA) is 58.8 Å². The molecule has 1 saturated heterocycles. The van der Waals surface area contributed by atoms with Crippen molar-refractivity contribution >= 4 is 5.91 Å². The van der Waals surface area contributed by atoms with Crippen molar-refractivity contribution in [2.24, 2.45) is 5.92 Å². The van der Waals surface area contributed by atoms with Crippen molar-refractivity contribution in [1.82, 2.24) is 15.0 Å². The van der Waals surface area contributed by atoms with Crippen LogP contribution in [0.5, 0.6) is 5.75 Å². The number of aromatic nitrogens is 1. The number of carbonyl (C=O) groups is 1. The van der Waals surface area contributed by atoms with Crippen LogP contribution in [0.15, 0.2) is 28.8 Å². The molecule has 0 radical (unpaired) electrons. The predicted octanol–water partition coefficient (Wildman–Crippen LogP) is 2.78. The zero-order valence-electron chi connectivity index (χ0n) is 16.2. The third-order valence-corrected chi connectivity index (χ3v) is 5.65. The molecule has 0 saturated carbocycles. The molecule has 4 rings (SSSR count). The average Bonchev–Trinajstić information content (AvgIpc) is 3.12. The Hall–Kier alpha value is -2.41. The summed E-state index contributed by atoms with van der Waals surface area (Å²) < 4.78 is 24.5. The van der Waals surface area contributed by atoms with Gasteiger partial charge in [-0.1, -0.05) is 24.2 Å². The van der Waals surface area contributed by atoms with Crippen molar-refractivity contribution in [3.8, 4) is 5.75 Å². The van der Waals surface area contributed by atoms with E-state index in [1.165, 1.54) is 6.07 Å². The van der Waals surface area contributed by atoms with Gasteiger partial charge in [0.25, 0.3) is 5.91 Å². The highest BCUT2D eigenvalue weighted by atomic mass is 19.1. The van der Waals surface area contributed by atoms with Crippen LogP contribution in [0.25, 0.3) is 0 Å². The maximum atomic E-state index is 13.6. The van der Waals surface area contributed by atoms with Gasteiger partial charge in [-0.3, -0.25) is 9.69 Å². The van der Waals surface area contributed by atoms with Gasteiger partial charge < -0.3 is 14.2 Å². The molecule has 0 bridgehead atoms. The summed E-state index contributed by atoms with van der Waals surface area (Å²) in [5.41, 5.74) is 1.50. The fraction of sp³-hybridized carbons (Fsp3) is 0.524. The van der Waals surface area contributed by atoms with Gasteiger partial charge in [0.2, 0.25) is 0 Å². The minimum absolute atomic E-state index is 0.0265. The lowest BCUT2D eigenvalue weighted by Gasteiger charge is -2.34. The van der Waals surface area contributed by atoms with E-state index in [0.29, 0.717) is 37.9 Å². The standard InChI is InChI=1S/C21H26FN3O3/c1-15-6-7-18-16(14-15)20(23-28-18)21(26)25-10-8-24(9-11-25)12-13-27-19-5-3-2-4-17(19)22/h2-5,15H,6-14H2,1H3. The Labute approximate surface area is 164 Å². The van der Waals surface area contributed by atoms with Crippen molar-refractivity contribution in [1.29, 1.82) is 0 Å². The lowest BCUT2D eigenvalue weighted by molar-refractivity contribution is 0.0608. The van der Waals surface area contributed by atoms with E-state index in [9.17, 15) is 9.18 Å². The normalized spacial score (nSPS) is 20.1. The SMILES string of the molecule is CC1CCc2onc(C(=O)N3CCN(CCOc4ccccc4F)CC3)c2C1. The summed E-state index contributed by atoms with van der Waals surface area (Å²) in [5, 5.41) is 4.08. The molecule has 1 aliphatic carbocycles. The van der Waals surface area contributed by atoms with Gasteiger partial charge in [-0.25, -0.2) is 4.39 Å². The molecule has 0 spiro atoms. The van der Waals surface area contributed by atoms with Crippen molar-refractivity contribution in [2.75, 3.05) is 39.3 Å². The molecule has 2 heterocycles. The largest absolute Gasteiger partial charge is 0.489 e. The van der Waals surface area contributed by atoms with Gasteiger partial charge in [-0.15, -0.1) is 0 Å². The fourth-order valence-electron chi connectivity index (χ4n) is 3.92. The first-order chi connectivity index (χ1) is 13.6. The van der Waals surface area contributed by atoms with Gasteiger partial charge in [0, 0.05) is 44.7 Å². The predicted molar refractivity (Wildman–Crippen MR) is 102 cm³/mol. The smallest absolute Gasteiger partial charge is 0.276 e. The summed E-state index contributed by atoms with van der Waals surface area (Å²) in [5.74, 6) is 1.35. The summed E-state index contributed by atoms with van der Waals surface area (Å²) in [6, 6.07) is 6.42. The quantitative estimate of drug-likeness (QED) is 0.790. The molecule has 1 atom stereocenters. The third kappa shape index (κ3) is 4.04. The molecular formula is C21H26FN3O3. The molecule has 0 N–H and O–H groups in total. The third-order valence-electron chi connectivity index (χ3n) is 5.65. The van der Waals surface area contributed by atoms with Gasteiger partial charge in [-0.05, 0) is 30.9 Å². The Morgan fingerprint density at radius 3 is 2.86 bits per heavy atom. The van der Waals surface area contributed by atoms with Crippen LogP contribution in [0, 0.1) is 11.7 Å². The Balaban J connectivity index is 1.27. The van der Waals surface area contributed by atoms with E-state index in [1.807, 2.05) is 4.90 Å². The molecule has 2 aromatic rings. The lowest BCUT2D eigenvalue weighted by atomic mass is 9.88. The molecule has 7 heteroatoms. The Morgan fingerprint density at radius 1 is 1.29 bits per heavy atom. The zero-order chi connectivity index (χ0) is 19.5. The number of amides is 1. The van der Waals surface area contributed by atoms with Crippen LogP contribution < -0.4 is 4.74 Å². The van der Waals surface area contributed by atoms with Gasteiger partial charge in [0.05, 0.1) is 0 Å². The summed E-state index contributed by atoms with van der Waals surface area (Å²) in [7, 11) is 0. The number of fused-ring (bicyclic) bond motifs is 1. The highest BCUT2D eigenvalue weighted by Crippen LogP contribution is 2.28. The van der Waals surface area contributed by atoms with Crippen LogP contribution in [0.2, 0.25) is 0 Å². The van der Waals surface area contributed by atoms with Crippen LogP contribution in [0.1, 0.15) is 35.2 Å². The van der Waals surface area contributed by atoms with Crippen molar-refractivity contribution in [3.05, 3.63) is 47.1 Å². The Bertz CT molecular complexity index is 830. The number of halogens is 1. The maximum absolute atomic E-state index is 13.6. The number of benzene rings is 1. The van der Waals surface area contributed by atoms with E-state index in [-0.39, 0.29) is 17.5 Å². The first kappa shape index (κ1) is 18.9. The van der Waals surface area contributed by atoms with Crippen LogP contribution in [0.3, 0.4) is 0 Å². The summed E-state index contributed by atoms with van der Waals surface area (Å²) in [6.45, 7) is 6.15. The first-order valence-corrected chi connectivity index (χ1v) is 9.98. The second-order valence-electron chi connectivity index (χ2n) is 7.69. The lowest BCUT2D eigenvalue weighted by Crippen LogP contribution is -2.49. The fourth-order valence-corrected chi connectivity index (χ4v) is 3.92. The van der Waals surface area contributed by atoms with Crippen LogP contribution in [0.4, 0.5) is 4.39 Å². The van der Waals surface area contributed by atoms with Crippen LogP contribution in [-0.4, -0.2) is 60.2 Å². The van der Waals surface area contributed by atoms with E-state index in [4.69, 9.17) is 9.26 Å². The molecule has 1 aromatic carbocycles. The van der Waals surface area contributed by atoms with E-state index in [1.54, 1.807) is 18.2 Å². The van der Waals surface area contributed by atoms with Gasteiger partial charge >= 0.3 is 0 Å². The van der Waals surface area contributed by atoms with Crippen LogP contribution in [-0.2, 0) is 12.8 Å². The summed E-state index contributed by atoms with van der Waals surface area (Å²) in [6.07, 6.45) is 2.82. The molecule has 28 heavy (non-hydrogen) atoms. The highest BCUT2D eigenvalue weighted by molar-refractivity contribution is 5.94. The highest BCUT2D eigenvalue weighted by Gasteiger charge is 2.30. The molecule has 6 nitrogen and oxygen atoms in total. The zero-order valence-corrected chi connectivity index (χ0v) is 16.2. The number of rotatable bonds is 5. The van der Waals surface area contributed by atoms with Crippen molar-refractivity contribution in [3.63, 3.8) is 0 Å². The van der Waals surface area contributed by atoms with Crippen molar-refractivity contribution < 1.29 is 18.4 Å². The molecule has 1 fully saturated rings. The minimum Gasteiger partial charge on any atom is -0.489 e. The Morgan fingerprint density at radius 2 is 2.07 bits per heavy atom. The second kappa shape index (κ2) is 8.31. The number of carbonyl (C=O) groups excluding carboxylic acids is 1. The summed E-state index contributed by atoms with van der Waals surface area (Å²) in [4.78, 5) is 17.0. The van der Waals surface area contributed by atoms with Crippen LogP contribution >= 0.6 is 0 Å². The molecule has 1 aromatic heterocycles. The molecule has 1 unspecified atom stereocenters. The average molecular weight is 387 g/mol. The minimum atomic E-state index is -0.344. The maximum Gasteiger partial charge on any atom is 0.276 e. The van der Waals surface area contributed by atoms with Gasteiger partial charge in [0.1, 0.15) is 12.4 Å². The van der Waals surface area contributed by atoms with Gasteiger partial charge in [-0.2, -0.15) is 0 Å². The number of hydrogen-bond donors (Lipinski definition) is 0. The van der Waals surface area contributed by atoms with E-state index in [0.717, 1.165) is 43.7 Å². The number of aryl methyl sites for hydroxylation is 1. The van der Waals surface area contributed by atoms with E-state index < -0.39 is 0 Å². The number of ether oxygens (including phenoxy) is 1. The number of piperazine rings is 1. The Kier molecular flexibility index (Phi) is 5.62. The van der Waals surface area contributed by atoms with E-state index in [2.05, 4.69) is 17.0 Å². The van der Waals surface area contributed by atoms with Crippen molar-refractivity contribution in [2.45, 2.75) is 26.2 Å². The molecule has 1 aliphatic heterocycles. The molecule has 1 amide bonds. The summed E-state index contributed by atoms with van der Waals surface area (Å²) >= 11 is 0. The second-order valence-corrected chi connectivity index (χ2v) is 7.69. The molecule has 2 aliphatic rings. The first-order valence-electron chi connectivity index (χ1n) is 9.98. The molecule has 150 valence electrons. The molecular weight excluding hydrogens is 361 g/mol.